The molecule has 1 aromatic rings. The number of carbonyl (C=O) groups excluding carboxylic acids is 1. The second-order valence-electron chi connectivity index (χ2n) is 6.07. The second kappa shape index (κ2) is 7.12. The first kappa shape index (κ1) is 16.8. The fourth-order valence-electron chi connectivity index (χ4n) is 3.45. The average Bonchev–Trinajstić information content (AvgIpc) is 2.79. The zero-order valence-corrected chi connectivity index (χ0v) is 14.6. The maximum absolute atomic E-state index is 12.4. The summed E-state index contributed by atoms with van der Waals surface area (Å²) in [5.74, 6) is 0.235. The van der Waals surface area contributed by atoms with E-state index in [0.717, 1.165) is 22.9 Å². The van der Waals surface area contributed by atoms with Gasteiger partial charge in [-0.25, -0.2) is 0 Å². The molecule has 21 heavy (non-hydrogen) atoms. The summed E-state index contributed by atoms with van der Waals surface area (Å²) in [4.78, 5) is 14.4. The molecule has 1 N–H and O–H groups in total. The molecule has 5 heteroatoms. The smallest absolute Gasteiger partial charge is 0.226 e. The van der Waals surface area contributed by atoms with Gasteiger partial charge in [0, 0.05) is 29.6 Å². The fourth-order valence-corrected chi connectivity index (χ4v) is 3.71. The molecule has 116 valence electrons. The van der Waals surface area contributed by atoms with Crippen molar-refractivity contribution in [2.75, 3.05) is 7.05 Å². The van der Waals surface area contributed by atoms with Gasteiger partial charge in [0.25, 0.3) is 0 Å². The molecule has 2 heterocycles. The van der Waals surface area contributed by atoms with Crippen LogP contribution < -0.4 is 5.32 Å². The largest absolute Gasteiger partial charge is 0.342 e. The number of halogens is 2. The summed E-state index contributed by atoms with van der Waals surface area (Å²) < 4.78 is 1.05. The number of nitrogens with one attached hydrogen (secondary N) is 1. The summed E-state index contributed by atoms with van der Waals surface area (Å²) in [5.41, 5.74) is 1.09. The molecule has 2 fully saturated rings. The van der Waals surface area contributed by atoms with Gasteiger partial charge in [-0.1, -0.05) is 28.1 Å². The maximum Gasteiger partial charge on any atom is 0.226 e. The van der Waals surface area contributed by atoms with E-state index in [2.05, 4.69) is 21.2 Å². The lowest BCUT2D eigenvalue weighted by atomic mass is 9.98. The third kappa shape index (κ3) is 3.99. The summed E-state index contributed by atoms with van der Waals surface area (Å²) in [7, 11) is 1.97. The van der Waals surface area contributed by atoms with Crippen molar-refractivity contribution in [3.05, 3.63) is 34.3 Å². The minimum Gasteiger partial charge on any atom is -0.342 e. The van der Waals surface area contributed by atoms with Gasteiger partial charge in [0.15, 0.2) is 0 Å². The molecule has 2 bridgehead atoms. The van der Waals surface area contributed by atoms with Gasteiger partial charge in [0.1, 0.15) is 0 Å². The predicted molar refractivity (Wildman–Crippen MR) is 90.8 cm³/mol. The maximum atomic E-state index is 12.4. The third-order valence-electron chi connectivity index (χ3n) is 4.66. The molecule has 0 aliphatic carbocycles. The quantitative estimate of drug-likeness (QED) is 0.882. The van der Waals surface area contributed by atoms with Crippen LogP contribution in [0.5, 0.6) is 0 Å². The van der Waals surface area contributed by atoms with Gasteiger partial charge < -0.3 is 10.2 Å². The third-order valence-corrected chi connectivity index (χ3v) is 5.19. The van der Waals surface area contributed by atoms with Crippen LogP contribution >= 0.6 is 28.3 Å². The van der Waals surface area contributed by atoms with Crippen LogP contribution in [-0.4, -0.2) is 36.0 Å². The van der Waals surface area contributed by atoms with Crippen LogP contribution in [0.2, 0.25) is 0 Å². The molecule has 1 aromatic carbocycles. The normalized spacial score (nSPS) is 27.0. The van der Waals surface area contributed by atoms with Gasteiger partial charge in [-0.05, 0) is 43.4 Å². The minimum atomic E-state index is 0. The van der Waals surface area contributed by atoms with E-state index < -0.39 is 0 Å². The molecule has 1 amide bonds. The van der Waals surface area contributed by atoms with Crippen LogP contribution in [0.3, 0.4) is 0 Å². The lowest BCUT2D eigenvalue weighted by molar-refractivity contribution is -0.131. The first-order valence-electron chi connectivity index (χ1n) is 7.38. The number of hydrogen-bond donors (Lipinski definition) is 1. The zero-order chi connectivity index (χ0) is 14.1. The Balaban J connectivity index is 0.00000161. The number of likely N-dealkylation sites (N-methyl/N-ethyl adjacent to an activating group) is 1. The van der Waals surface area contributed by atoms with Crippen LogP contribution in [0.25, 0.3) is 0 Å². The Hall–Kier alpha value is -0.580. The van der Waals surface area contributed by atoms with E-state index in [9.17, 15) is 4.79 Å². The average molecular weight is 374 g/mol. The van der Waals surface area contributed by atoms with Crippen LogP contribution in [0.4, 0.5) is 0 Å². The number of amides is 1. The number of piperidine rings is 1. The van der Waals surface area contributed by atoms with Gasteiger partial charge in [-0.3, -0.25) is 4.79 Å². The van der Waals surface area contributed by atoms with Crippen molar-refractivity contribution in [1.29, 1.82) is 0 Å². The summed E-state index contributed by atoms with van der Waals surface area (Å²) in [6.45, 7) is 0. The van der Waals surface area contributed by atoms with Crippen molar-refractivity contribution in [2.24, 2.45) is 0 Å². The molecule has 3 rings (SSSR count). The highest BCUT2D eigenvalue weighted by molar-refractivity contribution is 9.10. The summed E-state index contributed by atoms with van der Waals surface area (Å²) in [5, 5.41) is 3.63. The molecule has 2 saturated heterocycles. The Bertz CT molecular complexity index is 482. The van der Waals surface area contributed by atoms with Gasteiger partial charge in [-0.2, -0.15) is 0 Å². The van der Waals surface area contributed by atoms with E-state index in [1.165, 1.54) is 12.8 Å². The van der Waals surface area contributed by atoms with Crippen molar-refractivity contribution in [1.82, 2.24) is 10.2 Å². The van der Waals surface area contributed by atoms with Crippen molar-refractivity contribution in [2.45, 2.75) is 50.2 Å². The zero-order valence-electron chi connectivity index (χ0n) is 12.2. The molecule has 0 aromatic heterocycles. The molecule has 3 nitrogen and oxygen atoms in total. The van der Waals surface area contributed by atoms with Crippen molar-refractivity contribution < 1.29 is 4.79 Å². The van der Waals surface area contributed by atoms with E-state index in [1.54, 1.807) is 0 Å². The monoisotopic (exact) mass is 372 g/mol. The highest BCUT2D eigenvalue weighted by Crippen LogP contribution is 2.29. The highest BCUT2D eigenvalue weighted by Gasteiger charge is 2.36. The summed E-state index contributed by atoms with van der Waals surface area (Å²) in [6, 6.07) is 9.69. The number of nitrogens with zero attached hydrogens (tertiary/aromatic N) is 1. The molecule has 0 spiro atoms. The van der Waals surface area contributed by atoms with Gasteiger partial charge >= 0.3 is 0 Å². The van der Waals surface area contributed by atoms with Gasteiger partial charge in [0.05, 0.1) is 6.42 Å². The molecule has 2 unspecified atom stereocenters. The fraction of sp³-hybridized carbons (Fsp3) is 0.562. The van der Waals surface area contributed by atoms with Crippen LogP contribution in [-0.2, 0) is 11.2 Å². The number of carbonyl (C=O) groups is 1. The minimum absolute atomic E-state index is 0. The molecule has 2 atom stereocenters. The lowest BCUT2D eigenvalue weighted by Crippen LogP contribution is -2.49. The Kier molecular flexibility index (Phi) is 5.69. The van der Waals surface area contributed by atoms with E-state index in [1.807, 2.05) is 36.2 Å². The van der Waals surface area contributed by atoms with Gasteiger partial charge in [-0.15, -0.1) is 12.4 Å². The Morgan fingerprint density at radius 2 is 1.81 bits per heavy atom. The molecule has 0 radical (unpaired) electrons. The van der Waals surface area contributed by atoms with Crippen LogP contribution in [0.1, 0.15) is 31.2 Å². The first-order valence-corrected chi connectivity index (χ1v) is 8.17. The summed E-state index contributed by atoms with van der Waals surface area (Å²) >= 11 is 3.42. The molecule has 2 aliphatic rings. The number of hydrogen-bond acceptors (Lipinski definition) is 2. The highest BCUT2D eigenvalue weighted by atomic mass is 79.9. The standard InChI is InChI=1S/C16H21BrN2O.ClH/c1-19(15-9-13-6-7-14(10-15)18-13)16(20)8-11-2-4-12(17)5-3-11;/h2-5,13-15,18H,6-10H2,1H3;1H. The Morgan fingerprint density at radius 3 is 2.38 bits per heavy atom. The SMILES string of the molecule is CN(C(=O)Cc1ccc(Br)cc1)C1CC2CCC(C1)N2.Cl. The molecular weight excluding hydrogens is 352 g/mol. The van der Waals surface area contributed by atoms with E-state index in [4.69, 9.17) is 0 Å². The van der Waals surface area contributed by atoms with E-state index >= 15 is 0 Å². The molecule has 2 aliphatic heterocycles. The van der Waals surface area contributed by atoms with Crippen LogP contribution in [0.15, 0.2) is 28.7 Å². The van der Waals surface area contributed by atoms with Gasteiger partial charge in [0.2, 0.25) is 5.91 Å². The first-order chi connectivity index (χ1) is 9.61. The van der Waals surface area contributed by atoms with Crippen molar-refractivity contribution in [3.63, 3.8) is 0 Å². The van der Waals surface area contributed by atoms with Crippen molar-refractivity contribution in [3.8, 4) is 0 Å². The number of benzene rings is 1. The Labute approximate surface area is 141 Å². The topological polar surface area (TPSA) is 32.3 Å². The number of rotatable bonds is 3. The molecule has 0 saturated carbocycles. The van der Waals surface area contributed by atoms with E-state index in [0.29, 0.717) is 24.5 Å². The lowest BCUT2D eigenvalue weighted by Gasteiger charge is -2.35. The number of fused-ring (bicyclic) bond motifs is 2. The molecular formula is C16H22BrClN2O. The van der Waals surface area contributed by atoms with E-state index in [-0.39, 0.29) is 18.3 Å². The van der Waals surface area contributed by atoms with Crippen molar-refractivity contribution >= 4 is 34.2 Å². The Morgan fingerprint density at radius 1 is 1.24 bits per heavy atom. The second-order valence-corrected chi connectivity index (χ2v) is 6.99. The van der Waals surface area contributed by atoms with Crippen LogP contribution in [0, 0.1) is 0 Å². The predicted octanol–water partition coefficient (Wildman–Crippen LogP) is 3.15. The summed E-state index contributed by atoms with van der Waals surface area (Å²) in [6.07, 6.45) is 5.27.